The van der Waals surface area contributed by atoms with Crippen LogP contribution in [0.25, 0.3) is 53.9 Å². The van der Waals surface area contributed by atoms with Crippen LogP contribution in [0.4, 0.5) is 0 Å². The predicted octanol–water partition coefficient (Wildman–Crippen LogP) is 13.7. The minimum atomic E-state index is -1.14. The monoisotopic (exact) mass is 1110 g/mol. The maximum absolute atomic E-state index is 7.56. The van der Waals surface area contributed by atoms with E-state index in [0.717, 1.165) is 27.3 Å². The fraction of sp³-hybridized carbons (Fsp3) is 0. The molecule has 12 aromatic carbocycles. The molecule has 4 heteroatoms. The molecule has 0 amide bonds. The topological polar surface area (TPSA) is 0 Å². The molecular formula is C66H46Ag2P2+2. The normalized spacial score (nSPS) is 10.6. The van der Waals surface area contributed by atoms with Crippen molar-refractivity contribution >= 4 is 102 Å². The Morgan fingerprint density at radius 3 is 0.971 bits per heavy atom. The van der Waals surface area contributed by atoms with Crippen LogP contribution in [-0.2, 0) is 44.8 Å². The standard InChI is InChI=1S/C30H24P2.C20H11.C16H9.2Ag/c1-5-15-25(16-6-1)31(26-17-7-2-8-18-26)29-23-13-14-24-30(29)32(27-19-9-3-10-20-27)28-21-11-4-12-22-28;1-2-14-13-20-17-9-4-3-7-15(17)11-12-19(20)18-10-6-5-8-16(14)18;1-2-12-11-13-7-3-4-9-15(13)16-10-6-5-8-14(12)16;;/h1-24H;3-13H;3-11H;;/q;2*-1;2*+1/p+2. The molecule has 0 bridgehead atoms. The molecule has 0 atom stereocenters. The molecule has 0 aliphatic rings. The van der Waals surface area contributed by atoms with Crippen LogP contribution < -0.4 is 31.8 Å². The molecule has 12 rings (SSSR count). The Kier molecular flexibility index (Phi) is 16.9. The second-order valence-electron chi connectivity index (χ2n) is 16.6. The zero-order valence-corrected chi connectivity index (χ0v) is 43.0. The zero-order chi connectivity index (χ0) is 46.1. The zero-order valence-electron chi connectivity index (χ0n) is 38.0. The molecule has 0 aliphatic heterocycles. The van der Waals surface area contributed by atoms with E-state index in [1.807, 2.05) is 48.5 Å². The van der Waals surface area contributed by atoms with Crippen LogP contribution in [0.2, 0.25) is 0 Å². The van der Waals surface area contributed by atoms with E-state index in [1.165, 1.54) is 69.5 Å². The molecular weight excluding hydrogens is 1070 g/mol. The van der Waals surface area contributed by atoms with Crippen molar-refractivity contribution in [3.8, 4) is 11.8 Å². The first-order chi connectivity index (χ1) is 33.7. The summed E-state index contributed by atoms with van der Waals surface area (Å²) < 4.78 is 0. The smallest absolute Gasteiger partial charge is 0.366 e. The predicted molar refractivity (Wildman–Crippen MR) is 300 cm³/mol. The Morgan fingerprint density at radius 2 is 0.543 bits per heavy atom. The Bertz CT molecular complexity index is 3590. The Hall–Kier alpha value is -6.60. The average molecular weight is 1120 g/mol. The SMILES string of the molecule is [Ag+].[Ag+].[C-]#Cc1cc2c3ccccc3ccc2c2ccccc12.[C-]#Cc1cc2ccccc2c2ccccc12.c1ccc([PH+](c2ccccc2)c2ccccc2[PH+](c2ccccc2)c2ccccc2)cc1. The van der Waals surface area contributed by atoms with Gasteiger partial charge in [0.25, 0.3) is 0 Å². The molecule has 12 aromatic rings. The molecule has 0 aromatic heterocycles. The van der Waals surface area contributed by atoms with Crippen LogP contribution in [0.15, 0.2) is 267 Å². The maximum Gasteiger partial charge on any atom is 1.00 e. The van der Waals surface area contributed by atoms with Crippen LogP contribution in [-0.4, -0.2) is 0 Å². The first-order valence-electron chi connectivity index (χ1n) is 22.8. The molecule has 0 heterocycles. The summed E-state index contributed by atoms with van der Waals surface area (Å²) in [6.45, 7) is 0. The number of hydrogen-bond acceptors (Lipinski definition) is 0. The Labute approximate surface area is 445 Å². The fourth-order valence-corrected chi connectivity index (χ4v) is 15.4. The van der Waals surface area contributed by atoms with Gasteiger partial charge in [0.05, 0.1) is 0 Å². The minimum Gasteiger partial charge on any atom is -0.366 e. The van der Waals surface area contributed by atoms with Gasteiger partial charge in [0.1, 0.15) is 47.7 Å². The van der Waals surface area contributed by atoms with Gasteiger partial charge >= 0.3 is 44.8 Å². The van der Waals surface area contributed by atoms with Gasteiger partial charge in [0.15, 0.2) is 0 Å². The van der Waals surface area contributed by atoms with Crippen molar-refractivity contribution in [1.82, 2.24) is 0 Å². The van der Waals surface area contributed by atoms with E-state index in [9.17, 15) is 0 Å². The summed E-state index contributed by atoms with van der Waals surface area (Å²) in [7, 11) is -2.28. The van der Waals surface area contributed by atoms with Crippen molar-refractivity contribution in [3.05, 3.63) is 291 Å². The van der Waals surface area contributed by atoms with Gasteiger partial charge in [0.2, 0.25) is 0 Å². The molecule has 0 saturated carbocycles. The van der Waals surface area contributed by atoms with Crippen molar-refractivity contribution < 1.29 is 44.8 Å². The first-order valence-corrected chi connectivity index (χ1v) is 25.8. The van der Waals surface area contributed by atoms with E-state index in [-0.39, 0.29) is 44.8 Å². The second kappa shape index (κ2) is 23.8. The molecule has 0 N–H and O–H groups in total. The summed E-state index contributed by atoms with van der Waals surface area (Å²) in [5.74, 6) is 5.09. The van der Waals surface area contributed by atoms with Crippen molar-refractivity contribution in [1.29, 1.82) is 0 Å². The van der Waals surface area contributed by atoms with Crippen LogP contribution in [0.1, 0.15) is 11.1 Å². The van der Waals surface area contributed by atoms with Crippen LogP contribution in [0, 0.1) is 24.7 Å². The van der Waals surface area contributed by atoms with Crippen molar-refractivity contribution in [2.75, 3.05) is 0 Å². The summed E-state index contributed by atoms with van der Waals surface area (Å²) in [4.78, 5) is 0. The van der Waals surface area contributed by atoms with Crippen molar-refractivity contribution in [3.63, 3.8) is 0 Å². The summed E-state index contributed by atoms with van der Waals surface area (Å²) in [5, 5.41) is 20.5. The van der Waals surface area contributed by atoms with Crippen LogP contribution >= 0.6 is 15.8 Å². The fourth-order valence-electron chi connectivity index (χ4n) is 9.42. The number of hydrogen-bond donors (Lipinski definition) is 0. The Morgan fingerprint density at radius 1 is 0.243 bits per heavy atom. The maximum atomic E-state index is 7.56. The molecule has 0 radical (unpaired) electrons. The van der Waals surface area contributed by atoms with Crippen LogP contribution in [0.3, 0.4) is 0 Å². The van der Waals surface area contributed by atoms with Crippen molar-refractivity contribution in [2.24, 2.45) is 0 Å². The average Bonchev–Trinajstić information content (AvgIpc) is 3.42. The largest absolute Gasteiger partial charge is 1.00 e. The van der Waals surface area contributed by atoms with Gasteiger partial charge in [0, 0.05) is 0 Å². The summed E-state index contributed by atoms with van der Waals surface area (Å²) in [6.07, 6.45) is 14.9. The van der Waals surface area contributed by atoms with E-state index >= 15 is 0 Å². The van der Waals surface area contributed by atoms with Gasteiger partial charge < -0.3 is 12.8 Å². The molecule has 0 nitrogen and oxygen atoms in total. The molecule has 0 unspecified atom stereocenters. The first kappa shape index (κ1) is 49.8. The summed E-state index contributed by atoms with van der Waals surface area (Å²) in [5.41, 5.74) is 1.71. The molecule has 0 fully saturated rings. The third kappa shape index (κ3) is 10.6. The summed E-state index contributed by atoms with van der Waals surface area (Å²) in [6, 6.07) is 94.9. The third-order valence-electron chi connectivity index (χ3n) is 12.5. The number of fused-ring (bicyclic) bond motifs is 8. The van der Waals surface area contributed by atoms with Gasteiger partial charge in [-0.05, 0) is 104 Å². The Balaban J connectivity index is 0.000000149. The molecule has 0 spiro atoms. The van der Waals surface area contributed by atoms with E-state index in [4.69, 9.17) is 12.8 Å². The van der Waals surface area contributed by atoms with Crippen molar-refractivity contribution in [2.45, 2.75) is 0 Å². The van der Waals surface area contributed by atoms with E-state index in [0.29, 0.717) is 0 Å². The molecule has 70 heavy (non-hydrogen) atoms. The van der Waals surface area contributed by atoms with Crippen LogP contribution in [0.5, 0.6) is 0 Å². The van der Waals surface area contributed by atoms with E-state index < -0.39 is 15.8 Å². The number of benzene rings is 12. The van der Waals surface area contributed by atoms with Gasteiger partial charge in [-0.25, -0.2) is 0 Å². The second-order valence-corrected chi connectivity index (χ2v) is 21.4. The molecule has 0 aliphatic carbocycles. The van der Waals surface area contributed by atoms with Gasteiger partial charge in [-0.2, -0.15) is 0 Å². The molecule has 340 valence electrons. The number of rotatable bonds is 6. The minimum absolute atomic E-state index is 0. The van der Waals surface area contributed by atoms with E-state index in [2.05, 4.69) is 230 Å². The van der Waals surface area contributed by atoms with E-state index in [1.54, 1.807) is 0 Å². The third-order valence-corrected chi connectivity index (χ3v) is 18.4. The molecule has 0 saturated heterocycles. The summed E-state index contributed by atoms with van der Waals surface area (Å²) >= 11 is 0. The van der Waals surface area contributed by atoms with Gasteiger partial charge in [-0.15, -0.1) is 23.3 Å². The van der Waals surface area contributed by atoms with Gasteiger partial charge in [-0.1, -0.05) is 205 Å². The van der Waals surface area contributed by atoms with Gasteiger partial charge in [-0.3, -0.25) is 11.8 Å². The quantitative estimate of drug-likeness (QED) is 0.0512.